The molecule has 3 N–H and O–H groups in total. The Balaban J connectivity index is 1.30. The first kappa shape index (κ1) is 31.4. The molecule has 2 fully saturated rings. The third kappa shape index (κ3) is 7.20. The summed E-state index contributed by atoms with van der Waals surface area (Å²) in [6.45, 7) is 1.69. The maximum absolute atomic E-state index is 13.8. The van der Waals surface area contributed by atoms with E-state index in [1.807, 2.05) is 37.3 Å². The summed E-state index contributed by atoms with van der Waals surface area (Å²) in [5.74, 6) is 0.673. The van der Waals surface area contributed by atoms with Crippen LogP contribution in [0, 0.1) is 12.8 Å². The lowest BCUT2D eigenvalue weighted by Crippen LogP contribution is -2.51. The third-order valence-electron chi connectivity index (χ3n) is 9.42. The van der Waals surface area contributed by atoms with Gasteiger partial charge >= 0.3 is 5.97 Å². The smallest absolute Gasteiger partial charge is 0.323 e. The third-order valence-corrected chi connectivity index (χ3v) is 9.42. The van der Waals surface area contributed by atoms with Gasteiger partial charge in [0.05, 0.1) is 14.2 Å². The Morgan fingerprint density at radius 1 is 0.932 bits per heavy atom. The van der Waals surface area contributed by atoms with Gasteiger partial charge in [-0.05, 0) is 80.7 Å². The zero-order chi connectivity index (χ0) is 31.2. The lowest BCUT2D eigenvalue weighted by molar-refractivity contribution is -0.137. The van der Waals surface area contributed by atoms with E-state index < -0.39 is 17.9 Å². The highest BCUT2D eigenvalue weighted by atomic mass is 16.5. The summed E-state index contributed by atoms with van der Waals surface area (Å²) >= 11 is 0. The molecule has 0 unspecified atom stereocenters. The standard InChI is InChI=1S/C35H45N3O6/c1-22-17-30(43-2)33(31(18-22)44-3)24-13-15-26(16-14-24)36-34(41)27(19-23-9-5-4-6-10-23)37-35(42)29-20-25-11-7-8-12-28(25)38(29)21-32(39)40/h7-8,11-12,17-18,20,23-24,26-27H,4-6,9-10,13-16,19,21H2,1-3H3,(H,36,41)(H,37,42)(H,39,40)/t24?,26?,27-/m1/s1. The summed E-state index contributed by atoms with van der Waals surface area (Å²) < 4.78 is 12.9. The van der Waals surface area contributed by atoms with Crippen LogP contribution in [0.3, 0.4) is 0 Å². The number of aryl methyl sites for hydroxylation is 1. The van der Waals surface area contributed by atoms with Gasteiger partial charge in [-0.15, -0.1) is 0 Å². The number of amides is 2. The van der Waals surface area contributed by atoms with E-state index in [2.05, 4.69) is 10.6 Å². The zero-order valence-corrected chi connectivity index (χ0v) is 26.1. The van der Waals surface area contributed by atoms with Crippen molar-refractivity contribution in [2.24, 2.45) is 5.92 Å². The van der Waals surface area contributed by atoms with Crippen molar-refractivity contribution in [1.82, 2.24) is 15.2 Å². The molecule has 3 aromatic rings. The molecule has 9 heteroatoms. The minimum Gasteiger partial charge on any atom is -0.496 e. The van der Waals surface area contributed by atoms with Crippen LogP contribution in [0.1, 0.15) is 91.7 Å². The van der Waals surface area contributed by atoms with Gasteiger partial charge in [0, 0.05) is 22.5 Å². The molecule has 2 saturated carbocycles. The largest absolute Gasteiger partial charge is 0.496 e. The number of hydrogen-bond donors (Lipinski definition) is 3. The number of carbonyl (C=O) groups is 3. The molecule has 0 radical (unpaired) electrons. The number of aromatic nitrogens is 1. The second-order valence-electron chi connectivity index (χ2n) is 12.5. The number of carboxylic acids is 1. The lowest BCUT2D eigenvalue weighted by Gasteiger charge is -2.33. The topological polar surface area (TPSA) is 119 Å². The molecule has 1 heterocycles. The Morgan fingerprint density at radius 3 is 2.23 bits per heavy atom. The van der Waals surface area contributed by atoms with Crippen molar-refractivity contribution in [1.29, 1.82) is 0 Å². The minimum absolute atomic E-state index is 0.00501. The average molecular weight is 604 g/mol. The summed E-state index contributed by atoms with van der Waals surface area (Å²) in [5, 5.41) is 16.6. The molecule has 0 bridgehead atoms. The molecule has 2 aliphatic rings. The maximum Gasteiger partial charge on any atom is 0.323 e. The monoisotopic (exact) mass is 603 g/mol. The Bertz CT molecular complexity index is 1460. The van der Waals surface area contributed by atoms with Crippen LogP contribution in [0.15, 0.2) is 42.5 Å². The lowest BCUT2D eigenvalue weighted by atomic mass is 9.80. The van der Waals surface area contributed by atoms with Crippen molar-refractivity contribution in [2.45, 2.75) is 95.7 Å². The van der Waals surface area contributed by atoms with E-state index >= 15 is 0 Å². The maximum atomic E-state index is 13.8. The molecular formula is C35H45N3O6. The number of nitrogens with one attached hydrogen (secondary N) is 2. The van der Waals surface area contributed by atoms with Crippen LogP contribution in [-0.2, 0) is 16.1 Å². The van der Waals surface area contributed by atoms with Gasteiger partial charge in [0.2, 0.25) is 5.91 Å². The van der Waals surface area contributed by atoms with Crippen LogP contribution < -0.4 is 20.1 Å². The first-order chi connectivity index (χ1) is 21.3. The van der Waals surface area contributed by atoms with Crippen LogP contribution in [-0.4, -0.2) is 53.8 Å². The molecule has 2 aromatic carbocycles. The van der Waals surface area contributed by atoms with Gasteiger partial charge in [0.1, 0.15) is 29.8 Å². The summed E-state index contributed by atoms with van der Waals surface area (Å²) in [4.78, 5) is 39.2. The zero-order valence-electron chi connectivity index (χ0n) is 26.1. The molecule has 2 amide bonds. The van der Waals surface area contributed by atoms with Crippen molar-refractivity contribution in [3.8, 4) is 11.5 Å². The number of para-hydroxylation sites is 1. The molecular weight excluding hydrogens is 558 g/mol. The summed E-state index contributed by atoms with van der Waals surface area (Å²) in [6, 6.07) is 12.4. The number of benzene rings is 2. The molecule has 0 spiro atoms. The van der Waals surface area contributed by atoms with Crippen LogP contribution in [0.2, 0.25) is 0 Å². The molecule has 1 aromatic heterocycles. The van der Waals surface area contributed by atoms with Crippen LogP contribution in [0.25, 0.3) is 10.9 Å². The molecule has 0 aliphatic heterocycles. The highest BCUT2D eigenvalue weighted by Crippen LogP contribution is 2.43. The number of nitrogens with zero attached hydrogens (tertiary/aromatic N) is 1. The quantitative estimate of drug-likeness (QED) is 0.249. The van der Waals surface area contributed by atoms with Gasteiger partial charge in [0.15, 0.2) is 0 Å². The molecule has 0 saturated heterocycles. The normalized spacial score (nSPS) is 19.7. The number of ether oxygens (including phenoxy) is 2. The number of fused-ring (bicyclic) bond motifs is 1. The fourth-order valence-electron chi connectivity index (χ4n) is 7.22. The predicted octanol–water partition coefficient (Wildman–Crippen LogP) is 5.96. The van der Waals surface area contributed by atoms with Crippen molar-refractivity contribution >= 4 is 28.7 Å². The van der Waals surface area contributed by atoms with E-state index in [0.717, 1.165) is 79.4 Å². The van der Waals surface area contributed by atoms with E-state index in [0.29, 0.717) is 17.9 Å². The van der Waals surface area contributed by atoms with Crippen molar-refractivity contribution in [3.63, 3.8) is 0 Å². The number of rotatable bonds is 11. The molecule has 5 rings (SSSR count). The van der Waals surface area contributed by atoms with E-state index in [-0.39, 0.29) is 30.1 Å². The van der Waals surface area contributed by atoms with Crippen LogP contribution >= 0.6 is 0 Å². The van der Waals surface area contributed by atoms with Crippen molar-refractivity contribution < 1.29 is 29.0 Å². The highest BCUT2D eigenvalue weighted by molar-refractivity contribution is 6.01. The number of methoxy groups -OCH3 is 2. The Labute approximate surface area is 259 Å². The fourth-order valence-corrected chi connectivity index (χ4v) is 7.22. The van der Waals surface area contributed by atoms with Crippen LogP contribution in [0.4, 0.5) is 0 Å². The Hall–Kier alpha value is -4.01. The number of aliphatic carboxylic acids is 1. The SMILES string of the molecule is COc1cc(C)cc(OC)c1C1CCC(NC(=O)[C@@H](CC2CCCCC2)NC(=O)c2cc3ccccc3n2CC(=O)O)CC1. The van der Waals surface area contributed by atoms with Crippen molar-refractivity contribution in [2.75, 3.05) is 14.2 Å². The van der Waals surface area contributed by atoms with Gasteiger partial charge in [-0.25, -0.2) is 0 Å². The average Bonchev–Trinajstić information content (AvgIpc) is 3.39. The summed E-state index contributed by atoms with van der Waals surface area (Å²) in [5.41, 5.74) is 3.09. The van der Waals surface area contributed by atoms with E-state index in [1.165, 1.54) is 11.0 Å². The van der Waals surface area contributed by atoms with Gasteiger partial charge < -0.3 is 29.8 Å². The van der Waals surface area contributed by atoms with Crippen molar-refractivity contribution in [3.05, 3.63) is 59.3 Å². The Morgan fingerprint density at radius 2 is 1.59 bits per heavy atom. The number of carbonyl (C=O) groups excluding carboxylic acids is 2. The predicted molar refractivity (Wildman–Crippen MR) is 169 cm³/mol. The van der Waals surface area contributed by atoms with Crippen LogP contribution in [0.5, 0.6) is 11.5 Å². The van der Waals surface area contributed by atoms with Gasteiger partial charge in [-0.1, -0.05) is 50.3 Å². The summed E-state index contributed by atoms with van der Waals surface area (Å²) in [7, 11) is 3.37. The fraction of sp³-hybridized carbons (Fsp3) is 0.514. The second-order valence-corrected chi connectivity index (χ2v) is 12.5. The second kappa shape index (κ2) is 14.2. The molecule has 44 heavy (non-hydrogen) atoms. The molecule has 236 valence electrons. The molecule has 1 atom stereocenters. The highest BCUT2D eigenvalue weighted by Gasteiger charge is 2.32. The minimum atomic E-state index is -1.03. The summed E-state index contributed by atoms with van der Waals surface area (Å²) in [6.07, 6.45) is 9.53. The van der Waals surface area contributed by atoms with Gasteiger partial charge in [-0.3, -0.25) is 14.4 Å². The van der Waals surface area contributed by atoms with E-state index in [4.69, 9.17) is 9.47 Å². The Kier molecular flexibility index (Phi) is 10.1. The van der Waals surface area contributed by atoms with Gasteiger partial charge in [-0.2, -0.15) is 0 Å². The van der Waals surface area contributed by atoms with E-state index in [9.17, 15) is 19.5 Å². The first-order valence-electron chi connectivity index (χ1n) is 15.9. The number of hydrogen-bond acceptors (Lipinski definition) is 5. The number of carboxylic acid groups (broad SMARTS) is 1. The van der Waals surface area contributed by atoms with Gasteiger partial charge in [0.25, 0.3) is 5.91 Å². The first-order valence-corrected chi connectivity index (χ1v) is 15.9. The molecule has 2 aliphatic carbocycles. The van der Waals surface area contributed by atoms with E-state index in [1.54, 1.807) is 26.4 Å². The molecule has 9 nitrogen and oxygen atoms in total.